The van der Waals surface area contributed by atoms with E-state index in [4.69, 9.17) is 5.73 Å². The highest BCUT2D eigenvalue weighted by Gasteiger charge is 2.24. The molecule has 0 spiro atoms. The summed E-state index contributed by atoms with van der Waals surface area (Å²) >= 11 is 0. The number of nitrogens with zero attached hydrogens (tertiary/aromatic N) is 1. The lowest BCUT2D eigenvalue weighted by Gasteiger charge is -2.21. The molecular weight excluding hydrogens is 248 g/mol. The van der Waals surface area contributed by atoms with Crippen LogP contribution in [0, 0.1) is 0 Å². The van der Waals surface area contributed by atoms with E-state index in [0.29, 0.717) is 17.8 Å². The molecule has 0 aliphatic carbocycles. The van der Waals surface area contributed by atoms with Crippen molar-refractivity contribution in [1.29, 1.82) is 0 Å². The molecule has 102 valence electrons. The Bertz CT molecular complexity index is 622. The summed E-state index contributed by atoms with van der Waals surface area (Å²) in [5.41, 5.74) is 9.52. The van der Waals surface area contributed by atoms with Crippen molar-refractivity contribution in [2.24, 2.45) is 0 Å². The fraction of sp³-hybridized carbons (Fsp3) is 0.235. The van der Waals surface area contributed by atoms with Crippen molar-refractivity contribution in [3.05, 3.63) is 65.2 Å². The van der Waals surface area contributed by atoms with Crippen LogP contribution in [-0.4, -0.2) is 17.4 Å². The summed E-state index contributed by atoms with van der Waals surface area (Å²) in [5.74, 6) is 0.0550. The van der Waals surface area contributed by atoms with Gasteiger partial charge in [-0.3, -0.25) is 4.79 Å². The van der Waals surface area contributed by atoms with Gasteiger partial charge in [0.1, 0.15) is 0 Å². The van der Waals surface area contributed by atoms with Gasteiger partial charge in [-0.2, -0.15) is 0 Å². The molecule has 1 heterocycles. The molecule has 2 N–H and O–H groups in total. The van der Waals surface area contributed by atoms with E-state index in [0.717, 1.165) is 30.5 Å². The number of aryl methyl sites for hydroxylation is 1. The molecule has 0 fully saturated rings. The Balaban J connectivity index is 1.91. The van der Waals surface area contributed by atoms with Gasteiger partial charge in [0.25, 0.3) is 5.91 Å². The van der Waals surface area contributed by atoms with Crippen molar-refractivity contribution in [3.8, 4) is 0 Å². The number of benzene rings is 2. The number of nitrogens with two attached hydrogens (primary N) is 1. The zero-order valence-corrected chi connectivity index (χ0v) is 11.4. The molecule has 0 unspecified atom stereocenters. The summed E-state index contributed by atoms with van der Waals surface area (Å²) in [6.45, 7) is 1.43. The minimum atomic E-state index is 0.0550. The number of rotatable bonds is 2. The van der Waals surface area contributed by atoms with Gasteiger partial charge >= 0.3 is 0 Å². The third kappa shape index (κ3) is 2.39. The third-order valence-corrected chi connectivity index (χ3v) is 3.77. The Labute approximate surface area is 119 Å². The molecule has 1 aliphatic heterocycles. The van der Waals surface area contributed by atoms with E-state index in [1.807, 2.05) is 53.4 Å². The second-order valence-corrected chi connectivity index (χ2v) is 5.20. The minimum Gasteiger partial charge on any atom is -0.398 e. The molecule has 2 aromatic rings. The average molecular weight is 266 g/mol. The molecule has 3 rings (SSSR count). The smallest absolute Gasteiger partial charge is 0.256 e. The lowest BCUT2D eigenvalue weighted by Crippen LogP contribution is -2.30. The van der Waals surface area contributed by atoms with Gasteiger partial charge in [0, 0.05) is 18.8 Å². The number of carbonyl (C=O) groups excluding carboxylic acids is 1. The largest absolute Gasteiger partial charge is 0.398 e. The molecule has 20 heavy (non-hydrogen) atoms. The van der Waals surface area contributed by atoms with Gasteiger partial charge in [-0.1, -0.05) is 42.5 Å². The molecule has 0 bridgehead atoms. The van der Waals surface area contributed by atoms with E-state index in [1.54, 1.807) is 0 Å². The fourth-order valence-electron chi connectivity index (χ4n) is 2.76. The maximum absolute atomic E-state index is 12.7. The van der Waals surface area contributed by atoms with Crippen molar-refractivity contribution in [2.45, 2.75) is 19.4 Å². The van der Waals surface area contributed by atoms with Crippen LogP contribution in [0.25, 0.3) is 0 Å². The number of fused-ring (bicyclic) bond motifs is 1. The maximum Gasteiger partial charge on any atom is 0.256 e. The van der Waals surface area contributed by atoms with Gasteiger partial charge in [-0.15, -0.1) is 0 Å². The third-order valence-electron chi connectivity index (χ3n) is 3.77. The van der Waals surface area contributed by atoms with Crippen LogP contribution in [0.15, 0.2) is 48.5 Å². The SMILES string of the molecule is Nc1cccc2c1C(=O)N(Cc1ccccc1)CCC2. The summed E-state index contributed by atoms with van der Waals surface area (Å²) < 4.78 is 0. The number of carbonyl (C=O) groups is 1. The van der Waals surface area contributed by atoms with Crippen molar-refractivity contribution >= 4 is 11.6 Å². The van der Waals surface area contributed by atoms with Crippen molar-refractivity contribution in [2.75, 3.05) is 12.3 Å². The first-order chi connectivity index (χ1) is 9.75. The summed E-state index contributed by atoms with van der Waals surface area (Å²) in [5, 5.41) is 0. The Morgan fingerprint density at radius 2 is 1.85 bits per heavy atom. The molecular formula is C17H18N2O. The molecule has 2 aromatic carbocycles. The van der Waals surface area contributed by atoms with Crippen LogP contribution >= 0.6 is 0 Å². The normalized spacial score (nSPS) is 14.8. The van der Waals surface area contributed by atoms with Gasteiger partial charge in [0.05, 0.1) is 5.56 Å². The van der Waals surface area contributed by atoms with Crippen LogP contribution in [0.4, 0.5) is 5.69 Å². The molecule has 3 heteroatoms. The monoisotopic (exact) mass is 266 g/mol. The van der Waals surface area contributed by atoms with Crippen LogP contribution in [-0.2, 0) is 13.0 Å². The highest BCUT2D eigenvalue weighted by molar-refractivity contribution is 6.00. The van der Waals surface area contributed by atoms with Crippen molar-refractivity contribution < 1.29 is 4.79 Å². The first-order valence-electron chi connectivity index (χ1n) is 6.96. The van der Waals surface area contributed by atoms with E-state index < -0.39 is 0 Å². The highest BCUT2D eigenvalue weighted by Crippen LogP contribution is 2.24. The lowest BCUT2D eigenvalue weighted by atomic mass is 10.0. The maximum atomic E-state index is 12.7. The first kappa shape index (κ1) is 12.7. The van der Waals surface area contributed by atoms with Crippen LogP contribution in [0.5, 0.6) is 0 Å². The van der Waals surface area contributed by atoms with Crippen LogP contribution < -0.4 is 5.73 Å². The predicted molar refractivity (Wildman–Crippen MR) is 80.4 cm³/mol. The summed E-state index contributed by atoms with van der Waals surface area (Å²) in [4.78, 5) is 14.6. The van der Waals surface area contributed by atoms with E-state index in [9.17, 15) is 4.79 Å². The van der Waals surface area contributed by atoms with Crippen LogP contribution in [0.2, 0.25) is 0 Å². The Morgan fingerprint density at radius 3 is 2.65 bits per heavy atom. The Morgan fingerprint density at radius 1 is 1.05 bits per heavy atom. The van der Waals surface area contributed by atoms with Gasteiger partial charge in [-0.05, 0) is 30.0 Å². The number of anilines is 1. The van der Waals surface area contributed by atoms with Gasteiger partial charge < -0.3 is 10.6 Å². The standard InChI is InChI=1S/C17H18N2O/c18-15-10-4-8-14-9-5-11-19(17(20)16(14)15)12-13-6-2-1-3-7-13/h1-4,6-8,10H,5,9,11-12,18H2. The quantitative estimate of drug-likeness (QED) is 0.850. The second-order valence-electron chi connectivity index (χ2n) is 5.20. The molecule has 0 saturated carbocycles. The lowest BCUT2D eigenvalue weighted by molar-refractivity contribution is 0.0750. The zero-order chi connectivity index (χ0) is 13.9. The van der Waals surface area contributed by atoms with Crippen LogP contribution in [0.3, 0.4) is 0 Å². The highest BCUT2D eigenvalue weighted by atomic mass is 16.2. The van der Waals surface area contributed by atoms with Gasteiger partial charge in [0.15, 0.2) is 0 Å². The average Bonchev–Trinajstić information content (AvgIpc) is 2.61. The Hall–Kier alpha value is -2.29. The van der Waals surface area contributed by atoms with Gasteiger partial charge in [-0.25, -0.2) is 0 Å². The summed E-state index contributed by atoms with van der Waals surface area (Å²) in [6.07, 6.45) is 1.90. The fourth-order valence-corrected chi connectivity index (χ4v) is 2.76. The van der Waals surface area contributed by atoms with Gasteiger partial charge in [0.2, 0.25) is 0 Å². The molecule has 1 aliphatic rings. The molecule has 0 atom stereocenters. The zero-order valence-electron chi connectivity index (χ0n) is 11.4. The number of hydrogen-bond donors (Lipinski definition) is 1. The molecule has 0 saturated heterocycles. The predicted octanol–water partition coefficient (Wildman–Crippen LogP) is 2.86. The van der Waals surface area contributed by atoms with E-state index in [1.165, 1.54) is 0 Å². The number of nitrogen functional groups attached to an aromatic ring is 1. The van der Waals surface area contributed by atoms with E-state index in [2.05, 4.69) is 0 Å². The molecule has 3 nitrogen and oxygen atoms in total. The minimum absolute atomic E-state index is 0.0550. The van der Waals surface area contributed by atoms with Crippen molar-refractivity contribution in [3.63, 3.8) is 0 Å². The Kier molecular flexibility index (Phi) is 3.42. The van der Waals surface area contributed by atoms with E-state index >= 15 is 0 Å². The first-order valence-corrected chi connectivity index (χ1v) is 6.96. The summed E-state index contributed by atoms with van der Waals surface area (Å²) in [7, 11) is 0. The van der Waals surface area contributed by atoms with Crippen molar-refractivity contribution in [1.82, 2.24) is 4.90 Å². The number of hydrogen-bond acceptors (Lipinski definition) is 2. The topological polar surface area (TPSA) is 46.3 Å². The summed E-state index contributed by atoms with van der Waals surface area (Å²) in [6, 6.07) is 15.8. The molecule has 1 amide bonds. The molecule has 0 radical (unpaired) electrons. The van der Waals surface area contributed by atoms with Crippen LogP contribution in [0.1, 0.15) is 27.9 Å². The molecule has 0 aromatic heterocycles. The second kappa shape index (κ2) is 5.37. The van der Waals surface area contributed by atoms with E-state index in [-0.39, 0.29) is 5.91 Å². The number of amides is 1.